The van der Waals surface area contributed by atoms with Gasteiger partial charge in [0.2, 0.25) is 0 Å². The molecule has 0 saturated heterocycles. The van der Waals surface area contributed by atoms with Crippen molar-refractivity contribution in [2.75, 3.05) is 20.6 Å². The van der Waals surface area contributed by atoms with Crippen LogP contribution in [0.3, 0.4) is 0 Å². The van der Waals surface area contributed by atoms with Crippen molar-refractivity contribution in [3.8, 4) is 16.9 Å². The van der Waals surface area contributed by atoms with Crippen molar-refractivity contribution in [2.45, 2.75) is 12.8 Å². The number of phenolic OH excluding ortho intramolecular Hbond substituents is 1. The number of H-pyrrole nitrogens is 1. The first kappa shape index (κ1) is 17.8. The topological polar surface area (TPSA) is 86.3 Å². The van der Waals surface area contributed by atoms with Crippen LogP contribution in [0.5, 0.6) is 5.75 Å². The van der Waals surface area contributed by atoms with Gasteiger partial charge in [-0.2, -0.15) is 0 Å². The summed E-state index contributed by atoms with van der Waals surface area (Å²) in [4.78, 5) is 32.7. The van der Waals surface area contributed by atoms with Crippen molar-refractivity contribution in [3.63, 3.8) is 0 Å². The third-order valence-electron chi connectivity index (χ3n) is 4.27. The SMILES string of the molecule is CN(C)CCCC(=O)c1ccc(-c2cc(O)c3nc[nH]c(=O)c3c2)cc1. The predicted molar refractivity (Wildman–Crippen MR) is 102 cm³/mol. The van der Waals surface area contributed by atoms with Gasteiger partial charge in [-0.3, -0.25) is 9.59 Å². The van der Waals surface area contributed by atoms with Crippen LogP contribution in [0.25, 0.3) is 22.0 Å². The molecule has 0 aliphatic rings. The van der Waals surface area contributed by atoms with E-state index >= 15 is 0 Å². The van der Waals surface area contributed by atoms with E-state index in [4.69, 9.17) is 0 Å². The molecule has 6 heteroatoms. The molecule has 3 rings (SSSR count). The predicted octanol–water partition coefficient (Wildman–Crippen LogP) is 2.82. The summed E-state index contributed by atoms with van der Waals surface area (Å²) in [5, 5.41) is 10.5. The Kier molecular flexibility index (Phi) is 5.14. The van der Waals surface area contributed by atoms with Crippen molar-refractivity contribution in [2.24, 2.45) is 0 Å². The van der Waals surface area contributed by atoms with E-state index in [0.29, 0.717) is 22.9 Å². The minimum atomic E-state index is -0.306. The second kappa shape index (κ2) is 7.49. The molecule has 0 atom stereocenters. The van der Waals surface area contributed by atoms with Crippen molar-refractivity contribution >= 4 is 16.7 Å². The summed E-state index contributed by atoms with van der Waals surface area (Å²) in [6.07, 6.45) is 2.60. The number of nitrogens with one attached hydrogen (secondary N) is 1. The number of aromatic hydroxyl groups is 1. The molecule has 134 valence electrons. The van der Waals surface area contributed by atoms with Gasteiger partial charge in [0.1, 0.15) is 11.3 Å². The molecule has 6 nitrogen and oxygen atoms in total. The van der Waals surface area contributed by atoms with Crippen LogP contribution in [-0.2, 0) is 0 Å². The molecule has 0 spiro atoms. The molecule has 0 fully saturated rings. The molecule has 2 aromatic carbocycles. The lowest BCUT2D eigenvalue weighted by Gasteiger charge is -2.09. The van der Waals surface area contributed by atoms with Crippen LogP contribution in [0.4, 0.5) is 0 Å². The smallest absolute Gasteiger partial charge is 0.258 e. The van der Waals surface area contributed by atoms with Crippen molar-refractivity contribution in [1.29, 1.82) is 0 Å². The van der Waals surface area contributed by atoms with E-state index in [-0.39, 0.29) is 22.6 Å². The Balaban J connectivity index is 1.85. The fourth-order valence-electron chi connectivity index (χ4n) is 2.88. The number of carbonyl (C=O) groups excluding carboxylic acids is 1. The zero-order chi connectivity index (χ0) is 18.7. The number of aromatic amines is 1. The van der Waals surface area contributed by atoms with Crippen LogP contribution in [0.15, 0.2) is 47.5 Å². The molecule has 0 saturated carbocycles. The summed E-state index contributed by atoms with van der Waals surface area (Å²) in [5.41, 5.74) is 2.14. The van der Waals surface area contributed by atoms with E-state index in [1.54, 1.807) is 24.3 Å². The molecular formula is C20H21N3O3. The second-order valence-corrected chi connectivity index (χ2v) is 6.53. The number of benzene rings is 2. The molecule has 3 aromatic rings. The van der Waals surface area contributed by atoms with Gasteiger partial charge in [-0.15, -0.1) is 0 Å². The zero-order valence-electron chi connectivity index (χ0n) is 14.8. The molecule has 2 N–H and O–H groups in total. The largest absolute Gasteiger partial charge is 0.506 e. The Morgan fingerprint density at radius 1 is 1.15 bits per heavy atom. The van der Waals surface area contributed by atoms with Gasteiger partial charge in [-0.1, -0.05) is 24.3 Å². The zero-order valence-corrected chi connectivity index (χ0v) is 14.8. The molecule has 0 aliphatic heterocycles. The third-order valence-corrected chi connectivity index (χ3v) is 4.27. The highest BCUT2D eigenvalue weighted by Gasteiger charge is 2.10. The fraction of sp³-hybridized carbons (Fsp3) is 0.250. The highest BCUT2D eigenvalue weighted by molar-refractivity contribution is 5.96. The van der Waals surface area contributed by atoms with Crippen molar-refractivity contribution in [3.05, 3.63) is 58.6 Å². The number of hydrogen-bond donors (Lipinski definition) is 2. The Morgan fingerprint density at radius 3 is 2.58 bits per heavy atom. The summed E-state index contributed by atoms with van der Waals surface area (Å²) < 4.78 is 0. The Morgan fingerprint density at radius 2 is 1.88 bits per heavy atom. The Bertz CT molecular complexity index is 991. The van der Waals surface area contributed by atoms with E-state index in [0.717, 1.165) is 18.5 Å². The number of nitrogens with zero attached hydrogens (tertiary/aromatic N) is 2. The van der Waals surface area contributed by atoms with Gasteiger partial charge < -0.3 is 15.0 Å². The third kappa shape index (κ3) is 3.81. The monoisotopic (exact) mass is 351 g/mol. The first-order chi connectivity index (χ1) is 12.5. The Labute approximate surface area is 151 Å². The quantitative estimate of drug-likeness (QED) is 0.667. The van der Waals surface area contributed by atoms with E-state index in [2.05, 4.69) is 14.9 Å². The maximum absolute atomic E-state index is 12.2. The maximum Gasteiger partial charge on any atom is 0.258 e. The van der Waals surface area contributed by atoms with Crippen LogP contribution >= 0.6 is 0 Å². The number of phenols is 1. The van der Waals surface area contributed by atoms with E-state index in [9.17, 15) is 14.7 Å². The van der Waals surface area contributed by atoms with Crippen LogP contribution in [-0.4, -0.2) is 46.4 Å². The van der Waals surface area contributed by atoms with Gasteiger partial charge >= 0.3 is 0 Å². The van der Waals surface area contributed by atoms with Crippen molar-refractivity contribution < 1.29 is 9.90 Å². The van der Waals surface area contributed by atoms with Crippen LogP contribution in [0.1, 0.15) is 23.2 Å². The lowest BCUT2D eigenvalue weighted by molar-refractivity contribution is 0.0977. The number of ketones is 1. The highest BCUT2D eigenvalue weighted by atomic mass is 16.3. The van der Waals surface area contributed by atoms with Gasteiger partial charge in [-0.05, 0) is 50.3 Å². The molecule has 0 bridgehead atoms. The molecule has 26 heavy (non-hydrogen) atoms. The maximum atomic E-state index is 12.2. The number of aromatic nitrogens is 2. The minimum Gasteiger partial charge on any atom is -0.506 e. The van der Waals surface area contributed by atoms with E-state index in [1.807, 2.05) is 26.2 Å². The summed E-state index contributed by atoms with van der Waals surface area (Å²) in [5.74, 6) is 0.0628. The van der Waals surface area contributed by atoms with Gasteiger partial charge in [0.25, 0.3) is 5.56 Å². The molecule has 0 radical (unpaired) electrons. The number of hydrogen-bond acceptors (Lipinski definition) is 5. The molecule has 1 heterocycles. The van der Waals surface area contributed by atoms with Crippen LogP contribution < -0.4 is 5.56 Å². The lowest BCUT2D eigenvalue weighted by Crippen LogP contribution is -2.14. The van der Waals surface area contributed by atoms with Crippen molar-refractivity contribution in [1.82, 2.24) is 14.9 Å². The van der Waals surface area contributed by atoms with Gasteiger partial charge in [-0.25, -0.2) is 4.98 Å². The summed E-state index contributed by atoms with van der Waals surface area (Å²) >= 11 is 0. The van der Waals surface area contributed by atoms with E-state index in [1.165, 1.54) is 6.33 Å². The second-order valence-electron chi connectivity index (χ2n) is 6.53. The normalized spacial score (nSPS) is 11.2. The van der Waals surface area contributed by atoms with Crippen LogP contribution in [0, 0.1) is 0 Å². The average Bonchev–Trinajstić information content (AvgIpc) is 2.62. The van der Waals surface area contributed by atoms with Gasteiger partial charge in [0.05, 0.1) is 11.7 Å². The standard InChI is InChI=1S/C20H21N3O3/c1-23(2)9-3-4-17(24)14-7-5-13(6-8-14)15-10-16-19(18(25)11-15)21-12-22-20(16)26/h5-8,10-12,25H,3-4,9H2,1-2H3,(H,21,22,26). The Hall–Kier alpha value is -2.99. The van der Waals surface area contributed by atoms with Gasteiger partial charge in [0.15, 0.2) is 5.78 Å². The molecule has 1 aromatic heterocycles. The summed E-state index contributed by atoms with van der Waals surface area (Å²) in [6.45, 7) is 0.878. The molecular weight excluding hydrogens is 330 g/mol. The summed E-state index contributed by atoms with van der Waals surface area (Å²) in [7, 11) is 3.97. The highest BCUT2D eigenvalue weighted by Crippen LogP contribution is 2.29. The minimum absolute atomic E-state index is 0.0487. The number of fused-ring (bicyclic) bond motifs is 1. The number of Topliss-reactive ketones (excluding diaryl/α,β-unsaturated/α-hetero) is 1. The summed E-state index contributed by atoms with van der Waals surface area (Å²) in [6, 6.07) is 10.5. The molecule has 0 aliphatic carbocycles. The van der Waals surface area contributed by atoms with Gasteiger partial charge in [0, 0.05) is 12.0 Å². The van der Waals surface area contributed by atoms with Crippen LogP contribution in [0.2, 0.25) is 0 Å². The lowest BCUT2D eigenvalue weighted by atomic mass is 9.99. The van der Waals surface area contributed by atoms with E-state index < -0.39 is 0 Å². The number of rotatable bonds is 6. The molecule has 0 unspecified atom stereocenters. The number of carbonyl (C=O) groups is 1. The average molecular weight is 351 g/mol. The first-order valence-corrected chi connectivity index (χ1v) is 8.44. The first-order valence-electron chi connectivity index (χ1n) is 8.44. The molecule has 0 amide bonds. The fourth-order valence-corrected chi connectivity index (χ4v) is 2.88.